The van der Waals surface area contributed by atoms with Gasteiger partial charge in [0.25, 0.3) is 0 Å². The van der Waals surface area contributed by atoms with Crippen molar-refractivity contribution in [2.75, 3.05) is 24.8 Å². The van der Waals surface area contributed by atoms with Crippen LogP contribution in [-0.4, -0.2) is 24.8 Å². The Morgan fingerprint density at radius 1 is 0.909 bits per heavy atom. The minimum Gasteiger partial charge on any atom is -0.718 e. The Hall–Kier alpha value is 1.84. The first-order chi connectivity index (χ1) is 4.91. The molecule has 0 bridgehead atoms. The number of rotatable bonds is 7. The molecule has 0 spiro atoms. The van der Waals surface area contributed by atoms with E-state index in [-0.39, 0.29) is 17.1 Å². The molecule has 0 aromatic rings. The molecule has 2 nitrogen and oxygen atoms in total. The van der Waals surface area contributed by atoms with Gasteiger partial charge in [0.2, 0.25) is 0 Å². The maximum absolute atomic E-state index is 4.67. The van der Waals surface area contributed by atoms with Crippen LogP contribution in [0.4, 0.5) is 0 Å². The summed E-state index contributed by atoms with van der Waals surface area (Å²) in [5, 5.41) is 6.29. The molecule has 2 N–H and O–H groups in total. The van der Waals surface area contributed by atoms with Crippen LogP contribution in [0.2, 0.25) is 0 Å². The van der Waals surface area contributed by atoms with Gasteiger partial charge in [0.15, 0.2) is 0 Å². The summed E-state index contributed by atoms with van der Waals surface area (Å²) in [7, 11) is 2.77. The second kappa shape index (κ2) is 14.4. The van der Waals surface area contributed by atoms with Crippen LogP contribution in [0.5, 0.6) is 0 Å². The van der Waals surface area contributed by atoms with Crippen LogP contribution < -0.4 is 10.6 Å². The van der Waals surface area contributed by atoms with Crippen molar-refractivity contribution in [3.05, 3.63) is 0 Å². The molecule has 1 radical (unpaired) electrons. The van der Waals surface area contributed by atoms with Crippen LogP contribution in [0, 0.1) is 0 Å². The molecule has 0 aliphatic carbocycles. The zero-order valence-corrected chi connectivity index (χ0v) is 10.3. The first-order valence-electron chi connectivity index (χ1n) is 2.82. The summed E-state index contributed by atoms with van der Waals surface area (Å²) in [6, 6.07) is 0. The largest absolute Gasteiger partial charge is 2.00 e. The molecule has 0 saturated heterocycles. The van der Waals surface area contributed by atoms with E-state index in [0.717, 1.165) is 24.8 Å². The van der Waals surface area contributed by atoms with Crippen LogP contribution in [0.15, 0.2) is 0 Å². The van der Waals surface area contributed by atoms with E-state index >= 15 is 0 Å². The average Bonchev–Trinajstić information content (AvgIpc) is 1.97. The summed E-state index contributed by atoms with van der Waals surface area (Å²) in [5.74, 6) is 1.69. The molecule has 0 saturated carbocycles. The third-order valence-electron chi connectivity index (χ3n) is 0.801. The van der Waals surface area contributed by atoms with Crippen molar-refractivity contribution in [3.63, 3.8) is 0 Å². The van der Waals surface area contributed by atoms with E-state index in [9.17, 15) is 0 Å². The minimum absolute atomic E-state index is 0. The Labute approximate surface area is 96.9 Å². The van der Waals surface area contributed by atoms with Gasteiger partial charge in [-0.1, -0.05) is 0 Å². The molecule has 0 unspecified atom stereocenters. The minimum atomic E-state index is 0. The summed E-state index contributed by atoms with van der Waals surface area (Å²) >= 11 is 9.33. The summed E-state index contributed by atoms with van der Waals surface area (Å²) in [6.45, 7) is 1.92. The fourth-order valence-electron chi connectivity index (χ4n) is 0.404. The monoisotopic (exact) mass is 269 g/mol. The van der Waals surface area contributed by atoms with Gasteiger partial charge in [0.1, 0.15) is 0 Å². The van der Waals surface area contributed by atoms with Crippen molar-refractivity contribution in [1.82, 2.24) is 10.6 Å². The molecule has 0 heterocycles. The van der Waals surface area contributed by atoms with E-state index < -0.39 is 0 Å². The second-order valence-electron chi connectivity index (χ2n) is 1.52. The summed E-state index contributed by atoms with van der Waals surface area (Å²) in [6.07, 6.45) is 0. The van der Waals surface area contributed by atoms with E-state index in [1.54, 1.807) is 0 Å². The van der Waals surface area contributed by atoms with Crippen molar-refractivity contribution < 1.29 is 17.1 Å². The third kappa shape index (κ3) is 14.7. The maximum atomic E-state index is 4.67. The van der Waals surface area contributed by atoms with Crippen molar-refractivity contribution in [3.8, 4) is 0 Å². The average molecular weight is 269 g/mol. The molecular formula is C4H10MnN2S4. The molecule has 0 amide bonds. The maximum Gasteiger partial charge on any atom is 2.00 e. The van der Waals surface area contributed by atoms with Gasteiger partial charge in [-0.2, -0.15) is 0 Å². The van der Waals surface area contributed by atoms with Crippen molar-refractivity contribution >= 4 is 44.9 Å². The first-order valence-corrected chi connectivity index (χ1v) is 6.65. The molecule has 0 aromatic carbocycles. The molecule has 0 rings (SSSR count). The van der Waals surface area contributed by atoms with Gasteiger partial charge in [-0.15, -0.1) is 0 Å². The normalized spacial score (nSPS) is 9.27. The molecule has 67 valence electrons. The quantitative estimate of drug-likeness (QED) is 0.229. The molecule has 11 heavy (non-hydrogen) atoms. The Balaban J connectivity index is 0. The van der Waals surface area contributed by atoms with Crippen LogP contribution in [0.3, 0.4) is 0 Å². The van der Waals surface area contributed by atoms with Crippen LogP contribution in [0.25, 0.3) is 0 Å². The molecule has 0 aliphatic rings. The predicted octanol–water partition coefficient (Wildman–Crippen LogP) is 0.468. The standard InChI is InChI=1S/C4H12N2S4.Mn/c7-9-3-5-1-2-6-4-10-8;/h5-8H,1-4H2;/q;+2/p-2. The van der Waals surface area contributed by atoms with Crippen molar-refractivity contribution in [2.45, 2.75) is 0 Å². The predicted molar refractivity (Wildman–Crippen MR) is 55.7 cm³/mol. The first kappa shape index (κ1) is 15.3. The van der Waals surface area contributed by atoms with Crippen molar-refractivity contribution in [2.24, 2.45) is 0 Å². The Morgan fingerprint density at radius 3 is 1.55 bits per heavy atom. The molecule has 0 aliphatic heterocycles. The number of hydrogen-bond donors (Lipinski definition) is 2. The Morgan fingerprint density at radius 2 is 1.27 bits per heavy atom. The van der Waals surface area contributed by atoms with Gasteiger partial charge in [-0.05, 0) is 0 Å². The van der Waals surface area contributed by atoms with E-state index in [0.29, 0.717) is 0 Å². The van der Waals surface area contributed by atoms with E-state index in [1.807, 2.05) is 0 Å². The van der Waals surface area contributed by atoms with Crippen LogP contribution in [-0.2, 0) is 40.4 Å². The van der Waals surface area contributed by atoms with Gasteiger partial charge < -0.3 is 55.5 Å². The van der Waals surface area contributed by atoms with Crippen LogP contribution >= 0.6 is 21.6 Å². The Kier molecular flexibility index (Phi) is 20.0. The van der Waals surface area contributed by atoms with Gasteiger partial charge >= 0.3 is 17.1 Å². The number of hydrogen-bond acceptors (Lipinski definition) is 6. The zero-order valence-electron chi connectivity index (χ0n) is 5.84. The van der Waals surface area contributed by atoms with Gasteiger partial charge in [0.05, 0.1) is 0 Å². The second-order valence-corrected chi connectivity index (χ2v) is 3.99. The van der Waals surface area contributed by atoms with E-state index in [4.69, 9.17) is 0 Å². The molecule has 0 fully saturated rings. The van der Waals surface area contributed by atoms with E-state index in [1.165, 1.54) is 21.6 Å². The molecule has 0 atom stereocenters. The number of nitrogens with one attached hydrogen (secondary N) is 2. The van der Waals surface area contributed by atoms with Crippen LogP contribution in [0.1, 0.15) is 0 Å². The fourth-order valence-corrected chi connectivity index (χ4v) is 1.36. The smallest absolute Gasteiger partial charge is 0.718 e. The molecular weight excluding hydrogens is 259 g/mol. The Bertz CT molecular complexity index is 60.1. The van der Waals surface area contributed by atoms with Gasteiger partial charge in [-0.3, -0.25) is 0 Å². The van der Waals surface area contributed by atoms with E-state index in [2.05, 4.69) is 34.0 Å². The zero-order chi connectivity index (χ0) is 7.66. The van der Waals surface area contributed by atoms with Gasteiger partial charge in [-0.25, -0.2) is 0 Å². The summed E-state index contributed by atoms with van der Waals surface area (Å²) in [4.78, 5) is 0. The fraction of sp³-hybridized carbons (Fsp3) is 1.00. The SMILES string of the molecule is [Mn+2].[S-]SCNCCNCS[S-]. The van der Waals surface area contributed by atoms with Gasteiger partial charge in [0, 0.05) is 24.8 Å². The molecule has 0 aromatic heterocycles. The van der Waals surface area contributed by atoms with Crippen molar-refractivity contribution in [1.29, 1.82) is 0 Å². The molecule has 7 heteroatoms. The topological polar surface area (TPSA) is 24.1 Å². The summed E-state index contributed by atoms with van der Waals surface area (Å²) < 4.78 is 0. The summed E-state index contributed by atoms with van der Waals surface area (Å²) in [5.41, 5.74) is 0. The third-order valence-corrected chi connectivity index (χ3v) is 2.15.